The number of methoxy groups -OCH3 is 1. The van der Waals surface area contributed by atoms with Crippen molar-refractivity contribution in [2.75, 3.05) is 13.7 Å². The minimum absolute atomic E-state index is 0.412. The van der Waals surface area contributed by atoms with Crippen LogP contribution in [0.3, 0.4) is 0 Å². The highest BCUT2D eigenvalue weighted by Crippen LogP contribution is 2.40. The highest BCUT2D eigenvalue weighted by atomic mass is 16.5. The summed E-state index contributed by atoms with van der Waals surface area (Å²) in [7, 11) is 1.58. The van der Waals surface area contributed by atoms with Crippen molar-refractivity contribution in [3.63, 3.8) is 0 Å². The van der Waals surface area contributed by atoms with Gasteiger partial charge in [-0.05, 0) is 17.7 Å². The third-order valence-corrected chi connectivity index (χ3v) is 5.22. The Morgan fingerprint density at radius 1 is 1.03 bits per heavy atom. The van der Waals surface area contributed by atoms with Crippen LogP contribution in [0.2, 0.25) is 0 Å². The Bertz CT molecular complexity index is 931. The predicted molar refractivity (Wildman–Crippen MR) is 104 cm³/mol. The van der Waals surface area contributed by atoms with E-state index >= 15 is 0 Å². The van der Waals surface area contributed by atoms with Crippen molar-refractivity contribution in [2.24, 2.45) is 0 Å². The van der Waals surface area contributed by atoms with Crippen molar-refractivity contribution >= 4 is 0 Å². The number of aliphatic hydroxyl groups is 3. The minimum Gasteiger partial charge on any atom is -0.497 e. The van der Waals surface area contributed by atoms with Crippen LogP contribution in [0, 0.1) is 0 Å². The first kappa shape index (κ1) is 19.5. The molecule has 0 saturated carbocycles. The quantitative estimate of drug-likeness (QED) is 0.596. The first-order valence-electron chi connectivity index (χ1n) is 9.36. The zero-order valence-electron chi connectivity index (χ0n) is 15.9. The van der Waals surface area contributed by atoms with E-state index in [-0.39, 0.29) is 0 Å². The van der Waals surface area contributed by atoms with Gasteiger partial charge in [0.25, 0.3) is 0 Å². The second kappa shape index (κ2) is 8.30. The van der Waals surface area contributed by atoms with Crippen LogP contribution in [0.4, 0.5) is 0 Å². The van der Waals surface area contributed by atoms with Crippen molar-refractivity contribution in [1.29, 1.82) is 0 Å². The molecule has 0 aliphatic carbocycles. The monoisotopic (exact) mass is 397 g/mol. The maximum atomic E-state index is 10.9. The topological polar surface area (TPSA) is 110 Å². The van der Waals surface area contributed by atoms with Gasteiger partial charge < -0.3 is 24.8 Å². The highest BCUT2D eigenvalue weighted by molar-refractivity contribution is 5.57. The lowest BCUT2D eigenvalue weighted by atomic mass is 9.89. The van der Waals surface area contributed by atoms with Crippen LogP contribution in [0.5, 0.6) is 5.75 Å². The summed E-state index contributed by atoms with van der Waals surface area (Å²) in [6.07, 6.45) is -2.32. The summed E-state index contributed by atoms with van der Waals surface area (Å²) in [6, 6.07) is 16.1. The molecule has 8 nitrogen and oxygen atoms in total. The molecule has 3 aromatic rings. The van der Waals surface area contributed by atoms with E-state index in [1.54, 1.807) is 25.4 Å². The molecule has 8 heteroatoms. The molecule has 1 fully saturated rings. The molecule has 0 radical (unpaired) electrons. The number of hydrogen-bond donors (Lipinski definition) is 3. The molecule has 0 spiro atoms. The van der Waals surface area contributed by atoms with Crippen molar-refractivity contribution in [1.82, 2.24) is 15.0 Å². The van der Waals surface area contributed by atoms with Gasteiger partial charge in [-0.3, -0.25) is 0 Å². The second-order valence-corrected chi connectivity index (χ2v) is 6.97. The Morgan fingerprint density at radius 2 is 1.76 bits per heavy atom. The standard InChI is InChI=1S/C21H23N3O5/c1-28-15-9-7-14(8-10-15)21-18(20(27)19(26)17(12-25)29-21)24-11-16(22-23-24)13-5-3-2-4-6-13/h2-11,17-21,25-27H,12H2,1H3/t17-,18-,19+,20-,21+/m1/s1. The number of aromatic nitrogens is 3. The Labute approximate surface area is 167 Å². The molecule has 2 aromatic carbocycles. The Kier molecular flexibility index (Phi) is 5.59. The Balaban J connectivity index is 1.71. The molecule has 0 amide bonds. The van der Waals surface area contributed by atoms with Crippen molar-refractivity contribution in [3.05, 3.63) is 66.4 Å². The van der Waals surface area contributed by atoms with Gasteiger partial charge in [0, 0.05) is 5.56 Å². The first-order chi connectivity index (χ1) is 14.1. The van der Waals surface area contributed by atoms with Crippen LogP contribution in [-0.2, 0) is 4.74 Å². The molecule has 0 bridgehead atoms. The SMILES string of the molecule is COc1ccc([C@@H]2O[C@H](CO)[C@H](O)[C@H](O)[C@H]2n2cc(-c3ccccc3)nn2)cc1. The Morgan fingerprint density at radius 3 is 2.41 bits per heavy atom. The van der Waals surface area contributed by atoms with E-state index in [4.69, 9.17) is 9.47 Å². The molecular formula is C21H23N3O5. The van der Waals surface area contributed by atoms with Crippen LogP contribution in [0.25, 0.3) is 11.3 Å². The fourth-order valence-electron chi connectivity index (χ4n) is 3.63. The largest absolute Gasteiger partial charge is 0.497 e. The number of nitrogens with zero attached hydrogens (tertiary/aromatic N) is 3. The molecule has 1 aliphatic rings. The lowest BCUT2D eigenvalue weighted by molar-refractivity contribution is -0.208. The summed E-state index contributed by atoms with van der Waals surface area (Å²) in [4.78, 5) is 0. The number of aliphatic hydroxyl groups excluding tert-OH is 3. The Hall–Kier alpha value is -2.78. The fourth-order valence-corrected chi connectivity index (χ4v) is 3.63. The molecule has 4 rings (SSSR count). The van der Waals surface area contributed by atoms with Crippen LogP contribution < -0.4 is 4.74 Å². The zero-order chi connectivity index (χ0) is 20.4. The molecule has 5 atom stereocenters. The molecule has 1 aliphatic heterocycles. The summed E-state index contributed by atoms with van der Waals surface area (Å²) >= 11 is 0. The minimum atomic E-state index is -1.26. The number of hydrogen-bond acceptors (Lipinski definition) is 7. The summed E-state index contributed by atoms with van der Waals surface area (Å²) in [5.41, 5.74) is 2.29. The second-order valence-electron chi connectivity index (χ2n) is 6.97. The fraction of sp³-hybridized carbons (Fsp3) is 0.333. The number of ether oxygens (including phenoxy) is 2. The predicted octanol–water partition coefficient (Wildman–Crippen LogP) is 1.35. The van der Waals surface area contributed by atoms with E-state index in [9.17, 15) is 15.3 Å². The van der Waals surface area contributed by atoms with Gasteiger partial charge >= 0.3 is 0 Å². The van der Waals surface area contributed by atoms with Crippen LogP contribution in [-0.4, -0.2) is 62.3 Å². The van der Waals surface area contributed by atoms with Crippen molar-refractivity contribution < 1.29 is 24.8 Å². The lowest BCUT2D eigenvalue weighted by Crippen LogP contribution is -2.53. The number of rotatable bonds is 5. The highest BCUT2D eigenvalue weighted by Gasteiger charge is 2.46. The van der Waals surface area contributed by atoms with E-state index in [1.807, 2.05) is 42.5 Å². The van der Waals surface area contributed by atoms with E-state index in [0.29, 0.717) is 11.4 Å². The van der Waals surface area contributed by atoms with Gasteiger partial charge in [-0.2, -0.15) is 0 Å². The number of benzene rings is 2. The molecule has 2 heterocycles. The van der Waals surface area contributed by atoms with Crippen LogP contribution >= 0.6 is 0 Å². The van der Waals surface area contributed by atoms with Crippen LogP contribution in [0.1, 0.15) is 17.7 Å². The summed E-state index contributed by atoms with van der Waals surface area (Å²) in [5, 5.41) is 39.3. The molecule has 1 saturated heterocycles. The van der Waals surface area contributed by atoms with Gasteiger partial charge in [-0.1, -0.05) is 47.7 Å². The van der Waals surface area contributed by atoms with Gasteiger partial charge in [-0.25, -0.2) is 4.68 Å². The maximum absolute atomic E-state index is 10.9. The third kappa shape index (κ3) is 3.75. The summed E-state index contributed by atoms with van der Waals surface area (Å²) in [6.45, 7) is -0.412. The first-order valence-corrected chi connectivity index (χ1v) is 9.36. The molecule has 3 N–H and O–H groups in total. The summed E-state index contributed by atoms with van der Waals surface area (Å²) < 4.78 is 12.7. The van der Waals surface area contributed by atoms with Gasteiger partial charge in [-0.15, -0.1) is 5.10 Å². The van der Waals surface area contributed by atoms with Crippen molar-refractivity contribution in [2.45, 2.75) is 30.5 Å². The van der Waals surface area contributed by atoms with Crippen LogP contribution in [0.15, 0.2) is 60.8 Å². The normalized spacial score (nSPS) is 27.0. The third-order valence-electron chi connectivity index (χ3n) is 5.22. The zero-order valence-corrected chi connectivity index (χ0v) is 15.9. The average Bonchev–Trinajstić information content (AvgIpc) is 3.26. The molecular weight excluding hydrogens is 374 g/mol. The molecule has 0 unspecified atom stereocenters. The summed E-state index contributed by atoms with van der Waals surface area (Å²) in [5.74, 6) is 0.688. The van der Waals surface area contributed by atoms with Crippen molar-refractivity contribution in [3.8, 4) is 17.0 Å². The molecule has 1 aromatic heterocycles. The van der Waals surface area contributed by atoms with Gasteiger partial charge in [0.2, 0.25) is 0 Å². The maximum Gasteiger partial charge on any atom is 0.118 e. The van der Waals surface area contributed by atoms with Gasteiger partial charge in [0.1, 0.15) is 41.9 Å². The van der Waals surface area contributed by atoms with E-state index in [2.05, 4.69) is 10.3 Å². The molecule has 29 heavy (non-hydrogen) atoms. The van der Waals surface area contributed by atoms with E-state index in [0.717, 1.165) is 11.1 Å². The van der Waals surface area contributed by atoms with Gasteiger partial charge in [0.05, 0.1) is 19.9 Å². The smallest absolute Gasteiger partial charge is 0.118 e. The molecule has 152 valence electrons. The van der Waals surface area contributed by atoms with Gasteiger partial charge in [0.15, 0.2) is 0 Å². The van der Waals surface area contributed by atoms with E-state index in [1.165, 1.54) is 4.68 Å². The average molecular weight is 397 g/mol. The lowest BCUT2D eigenvalue weighted by Gasteiger charge is -2.42. The van der Waals surface area contributed by atoms with E-state index < -0.39 is 37.1 Å².